The number of ether oxygens (including phenoxy) is 2. The molecule has 0 saturated carbocycles. The molecule has 2 aromatic heterocycles. The molecule has 1 saturated heterocycles. The summed E-state index contributed by atoms with van der Waals surface area (Å²) in [6, 6.07) is 7.64. The number of carbonyl (C=O) groups is 2. The maximum Gasteiger partial charge on any atom is 0.337 e. The SMILES string of the molecule is COC(=O)c1cccc(C(=O)CC/C=C/S(=O)(=O)NC[C@H]2O[C@@H](n3cnc4c(N)ccnc43)[C@H](O)[C@@H]2O)c1. The van der Waals surface area contributed by atoms with Crippen LogP contribution in [-0.4, -0.2) is 76.9 Å². The summed E-state index contributed by atoms with van der Waals surface area (Å²) >= 11 is 0. The van der Waals surface area contributed by atoms with Gasteiger partial charge >= 0.3 is 5.97 Å². The highest BCUT2D eigenvalue weighted by Crippen LogP contribution is 2.32. The predicted molar refractivity (Wildman–Crippen MR) is 135 cm³/mol. The van der Waals surface area contributed by atoms with Crippen LogP contribution in [0.5, 0.6) is 0 Å². The van der Waals surface area contributed by atoms with E-state index in [1.165, 1.54) is 42.4 Å². The van der Waals surface area contributed by atoms with Gasteiger partial charge in [-0.15, -0.1) is 0 Å². The molecule has 38 heavy (non-hydrogen) atoms. The van der Waals surface area contributed by atoms with E-state index < -0.39 is 40.5 Å². The maximum absolute atomic E-state index is 12.4. The molecule has 4 atom stereocenters. The number of aliphatic hydroxyl groups is 2. The first-order chi connectivity index (χ1) is 18.1. The minimum Gasteiger partial charge on any atom is -0.465 e. The van der Waals surface area contributed by atoms with Crippen molar-refractivity contribution in [3.63, 3.8) is 0 Å². The van der Waals surface area contributed by atoms with E-state index in [-0.39, 0.29) is 30.7 Å². The first-order valence-corrected chi connectivity index (χ1v) is 13.1. The second-order valence-corrected chi connectivity index (χ2v) is 10.2. The van der Waals surface area contributed by atoms with Gasteiger partial charge in [0, 0.05) is 30.1 Å². The number of carbonyl (C=O) groups excluding carboxylic acids is 2. The summed E-state index contributed by atoms with van der Waals surface area (Å²) in [4.78, 5) is 32.4. The molecule has 5 N–H and O–H groups in total. The quantitative estimate of drug-likeness (QED) is 0.205. The molecule has 1 fully saturated rings. The van der Waals surface area contributed by atoms with E-state index in [9.17, 15) is 28.2 Å². The lowest BCUT2D eigenvalue weighted by atomic mass is 10.0. The molecule has 0 amide bonds. The molecule has 0 aliphatic carbocycles. The third kappa shape index (κ3) is 5.89. The number of aromatic nitrogens is 3. The minimum atomic E-state index is -3.93. The molecule has 3 heterocycles. The number of sulfonamides is 1. The van der Waals surface area contributed by atoms with Crippen LogP contribution in [0.25, 0.3) is 11.2 Å². The van der Waals surface area contributed by atoms with Crippen molar-refractivity contribution in [2.75, 3.05) is 19.4 Å². The van der Waals surface area contributed by atoms with Crippen LogP contribution < -0.4 is 10.5 Å². The number of benzene rings is 1. The molecular formula is C24H27N5O8S. The number of hydrogen-bond donors (Lipinski definition) is 4. The van der Waals surface area contributed by atoms with Gasteiger partial charge in [0.15, 0.2) is 17.7 Å². The van der Waals surface area contributed by atoms with Crippen molar-refractivity contribution >= 4 is 38.6 Å². The van der Waals surface area contributed by atoms with Crippen LogP contribution >= 0.6 is 0 Å². The number of nitrogens with zero attached hydrogens (tertiary/aromatic N) is 3. The number of nitrogens with one attached hydrogen (secondary N) is 1. The molecule has 202 valence electrons. The second kappa shape index (κ2) is 11.4. The number of imidazole rings is 1. The van der Waals surface area contributed by atoms with Gasteiger partial charge in [-0.25, -0.2) is 27.9 Å². The molecule has 1 aromatic carbocycles. The zero-order valence-electron chi connectivity index (χ0n) is 20.3. The Balaban J connectivity index is 1.31. The minimum absolute atomic E-state index is 0.0202. The van der Waals surface area contributed by atoms with Gasteiger partial charge in [-0.1, -0.05) is 18.2 Å². The molecule has 0 unspecified atom stereocenters. The summed E-state index contributed by atoms with van der Waals surface area (Å²) < 4.78 is 38.9. The zero-order chi connectivity index (χ0) is 27.4. The third-order valence-corrected chi connectivity index (χ3v) is 7.13. The Morgan fingerprint density at radius 3 is 2.74 bits per heavy atom. The molecule has 4 rings (SSSR count). The summed E-state index contributed by atoms with van der Waals surface area (Å²) in [6.45, 7) is -0.317. The van der Waals surface area contributed by atoms with Crippen LogP contribution in [0, 0.1) is 0 Å². The van der Waals surface area contributed by atoms with E-state index in [1.807, 2.05) is 0 Å². The standard InChI is InChI=1S/C24H27N5O8S/c1-36-24(33)15-6-4-5-14(11-15)17(30)7-2-3-10-38(34,35)28-12-18-20(31)21(32)23(37-18)29-13-27-19-16(25)8-9-26-22(19)29/h3-6,8-11,13,18,20-21,23,28,31-32H,2,7,12H2,1H3,(H2,25,26)/b10-3+/t18-,20-,21-,23-/m1/s1. The number of rotatable bonds is 10. The van der Waals surface area contributed by atoms with Crippen LogP contribution in [0.1, 0.15) is 39.8 Å². The second-order valence-electron chi connectivity index (χ2n) is 8.57. The molecule has 1 aliphatic heterocycles. The number of ketones is 1. The first kappa shape index (κ1) is 27.3. The number of esters is 1. The smallest absolute Gasteiger partial charge is 0.337 e. The van der Waals surface area contributed by atoms with Crippen LogP contribution in [0.3, 0.4) is 0 Å². The highest BCUT2D eigenvalue weighted by atomic mass is 32.2. The van der Waals surface area contributed by atoms with E-state index in [1.54, 1.807) is 18.2 Å². The van der Waals surface area contributed by atoms with Crippen molar-refractivity contribution in [2.45, 2.75) is 37.4 Å². The topological polar surface area (TPSA) is 196 Å². The molecular weight excluding hydrogens is 518 g/mol. The largest absolute Gasteiger partial charge is 0.465 e. The van der Waals surface area contributed by atoms with Gasteiger partial charge in [0.25, 0.3) is 0 Å². The Labute approximate surface area is 218 Å². The number of fused-ring (bicyclic) bond motifs is 1. The van der Waals surface area contributed by atoms with Gasteiger partial charge in [-0.05, 0) is 24.6 Å². The molecule has 0 radical (unpaired) electrons. The number of methoxy groups -OCH3 is 1. The predicted octanol–water partition coefficient (Wildman–Crippen LogP) is 0.515. The number of aliphatic hydroxyl groups excluding tert-OH is 2. The Morgan fingerprint density at radius 1 is 1.21 bits per heavy atom. The number of nitrogens with two attached hydrogens (primary N) is 1. The van der Waals surface area contributed by atoms with Gasteiger partial charge in [0.1, 0.15) is 23.8 Å². The van der Waals surface area contributed by atoms with E-state index in [0.29, 0.717) is 22.4 Å². The number of allylic oxidation sites excluding steroid dienone is 1. The number of pyridine rings is 1. The maximum atomic E-state index is 12.4. The lowest BCUT2D eigenvalue weighted by Crippen LogP contribution is -2.39. The average Bonchev–Trinajstić information content (AvgIpc) is 3.46. The molecule has 14 heteroatoms. The van der Waals surface area contributed by atoms with Gasteiger partial charge in [0.05, 0.1) is 24.7 Å². The Kier molecular flexibility index (Phi) is 8.18. The highest BCUT2D eigenvalue weighted by molar-refractivity contribution is 7.92. The van der Waals surface area contributed by atoms with E-state index in [4.69, 9.17) is 10.5 Å². The van der Waals surface area contributed by atoms with Crippen molar-refractivity contribution in [3.8, 4) is 0 Å². The fourth-order valence-electron chi connectivity index (χ4n) is 4.00. The third-order valence-electron chi connectivity index (χ3n) is 6.01. The van der Waals surface area contributed by atoms with Crippen molar-refractivity contribution in [1.29, 1.82) is 0 Å². The van der Waals surface area contributed by atoms with Crippen LogP contribution in [-0.2, 0) is 19.5 Å². The molecule has 3 aromatic rings. The van der Waals surface area contributed by atoms with Crippen molar-refractivity contribution in [2.24, 2.45) is 0 Å². The number of nitrogen functional groups attached to an aromatic ring is 1. The summed E-state index contributed by atoms with van der Waals surface area (Å²) in [5, 5.41) is 21.9. The summed E-state index contributed by atoms with van der Waals surface area (Å²) in [7, 11) is -2.69. The number of hydrogen-bond acceptors (Lipinski definition) is 11. The number of anilines is 1. The van der Waals surface area contributed by atoms with Crippen molar-refractivity contribution in [3.05, 3.63) is 65.5 Å². The summed E-state index contributed by atoms with van der Waals surface area (Å²) in [5.41, 5.74) is 7.57. The van der Waals surface area contributed by atoms with Gasteiger partial charge in [-0.3, -0.25) is 9.36 Å². The van der Waals surface area contributed by atoms with E-state index in [2.05, 4.69) is 19.4 Å². The summed E-state index contributed by atoms with van der Waals surface area (Å²) in [5.74, 6) is -0.830. The van der Waals surface area contributed by atoms with E-state index >= 15 is 0 Å². The fraction of sp³-hybridized carbons (Fsp3) is 0.333. The number of Topliss-reactive ketones (excluding diaryl/α,β-unsaturated/α-hetero) is 1. The van der Waals surface area contributed by atoms with Gasteiger partial charge < -0.3 is 25.4 Å². The highest BCUT2D eigenvalue weighted by Gasteiger charge is 2.44. The van der Waals surface area contributed by atoms with Gasteiger partial charge in [0.2, 0.25) is 10.0 Å². The van der Waals surface area contributed by atoms with E-state index in [0.717, 1.165) is 5.41 Å². The van der Waals surface area contributed by atoms with Crippen LogP contribution in [0.15, 0.2) is 54.3 Å². The first-order valence-electron chi connectivity index (χ1n) is 11.6. The normalized spacial score (nSPS) is 21.8. The Bertz CT molecular complexity index is 1470. The monoisotopic (exact) mass is 545 g/mol. The van der Waals surface area contributed by atoms with Crippen molar-refractivity contribution in [1.82, 2.24) is 19.3 Å². The molecule has 0 bridgehead atoms. The lowest BCUT2D eigenvalue weighted by Gasteiger charge is -2.16. The van der Waals surface area contributed by atoms with Crippen LogP contribution in [0.4, 0.5) is 5.69 Å². The Hall–Kier alpha value is -3.69. The lowest BCUT2D eigenvalue weighted by molar-refractivity contribution is -0.0329. The van der Waals surface area contributed by atoms with Gasteiger partial charge in [-0.2, -0.15) is 0 Å². The average molecular weight is 546 g/mol. The van der Waals surface area contributed by atoms with Crippen molar-refractivity contribution < 1.29 is 37.7 Å². The molecule has 0 spiro atoms. The molecule has 13 nitrogen and oxygen atoms in total. The van der Waals surface area contributed by atoms with Crippen LogP contribution in [0.2, 0.25) is 0 Å². The fourth-order valence-corrected chi connectivity index (χ4v) is 4.89. The summed E-state index contributed by atoms with van der Waals surface area (Å²) in [6.07, 6.45) is -0.551. The molecule has 1 aliphatic rings. The Morgan fingerprint density at radius 2 is 1.97 bits per heavy atom. The zero-order valence-corrected chi connectivity index (χ0v) is 21.1.